The molecule has 0 saturated carbocycles. The van der Waals surface area contributed by atoms with Crippen LogP contribution >= 0.6 is 11.3 Å². The molecule has 1 aromatic heterocycles. The molecule has 1 aromatic carbocycles. The third kappa shape index (κ3) is 2.71. The summed E-state index contributed by atoms with van der Waals surface area (Å²) in [5, 5.41) is 4.46. The van der Waals surface area contributed by atoms with Crippen molar-refractivity contribution in [3.05, 3.63) is 33.8 Å². The van der Waals surface area contributed by atoms with Crippen molar-refractivity contribution in [3.8, 4) is 17.2 Å². The highest BCUT2D eigenvalue weighted by Crippen LogP contribution is 2.41. The molecule has 0 radical (unpaired) electrons. The number of rotatable bonds is 5. The summed E-state index contributed by atoms with van der Waals surface area (Å²) in [6.45, 7) is 3.80. The van der Waals surface area contributed by atoms with Crippen molar-refractivity contribution in [2.45, 2.75) is 20.0 Å². The normalized spacial score (nSPS) is 12.7. The standard InChI is InChI=1S/C14H16N2O3S/c1-9-5-16-13(20-9)7-15-6-10-3-11(17-2)14-12(4-10)18-8-19-14/h3-5,15H,6-8H2,1-2H3. The molecule has 1 aliphatic rings. The van der Waals surface area contributed by atoms with Gasteiger partial charge in [-0.3, -0.25) is 0 Å². The van der Waals surface area contributed by atoms with Gasteiger partial charge in [0.15, 0.2) is 11.5 Å². The summed E-state index contributed by atoms with van der Waals surface area (Å²) in [5.41, 5.74) is 1.10. The van der Waals surface area contributed by atoms with E-state index in [2.05, 4.69) is 17.2 Å². The Morgan fingerprint density at radius 1 is 1.35 bits per heavy atom. The Morgan fingerprint density at radius 2 is 2.25 bits per heavy atom. The number of methoxy groups -OCH3 is 1. The Bertz CT molecular complexity index is 612. The van der Waals surface area contributed by atoms with Gasteiger partial charge in [-0.15, -0.1) is 11.3 Å². The number of nitrogens with one attached hydrogen (secondary N) is 1. The van der Waals surface area contributed by atoms with Crippen LogP contribution in [-0.4, -0.2) is 18.9 Å². The highest BCUT2D eigenvalue weighted by molar-refractivity contribution is 7.11. The monoisotopic (exact) mass is 292 g/mol. The molecular formula is C14H16N2O3S. The third-order valence-electron chi connectivity index (χ3n) is 2.99. The maximum absolute atomic E-state index is 5.41. The zero-order chi connectivity index (χ0) is 13.9. The largest absolute Gasteiger partial charge is 0.493 e. The fraction of sp³-hybridized carbons (Fsp3) is 0.357. The van der Waals surface area contributed by atoms with E-state index < -0.39 is 0 Å². The van der Waals surface area contributed by atoms with Crippen molar-refractivity contribution < 1.29 is 14.2 Å². The van der Waals surface area contributed by atoms with Crippen LogP contribution in [0.5, 0.6) is 17.2 Å². The first-order valence-corrected chi connectivity index (χ1v) is 7.16. The van der Waals surface area contributed by atoms with Crippen LogP contribution in [0.15, 0.2) is 18.3 Å². The van der Waals surface area contributed by atoms with Gasteiger partial charge in [-0.05, 0) is 24.6 Å². The molecule has 106 valence electrons. The zero-order valence-electron chi connectivity index (χ0n) is 11.4. The molecule has 0 amide bonds. The maximum atomic E-state index is 5.41. The molecule has 1 aliphatic heterocycles. The van der Waals surface area contributed by atoms with E-state index in [1.54, 1.807) is 18.4 Å². The molecule has 0 fully saturated rings. The number of hydrogen-bond acceptors (Lipinski definition) is 6. The highest BCUT2D eigenvalue weighted by Gasteiger charge is 2.19. The molecule has 6 heteroatoms. The van der Waals surface area contributed by atoms with E-state index in [4.69, 9.17) is 14.2 Å². The number of thiazole rings is 1. The van der Waals surface area contributed by atoms with Gasteiger partial charge in [0.05, 0.1) is 7.11 Å². The van der Waals surface area contributed by atoms with Crippen molar-refractivity contribution in [1.82, 2.24) is 10.3 Å². The van der Waals surface area contributed by atoms with E-state index in [0.717, 1.165) is 29.4 Å². The average Bonchev–Trinajstić information content (AvgIpc) is 3.06. The van der Waals surface area contributed by atoms with Gasteiger partial charge >= 0.3 is 0 Å². The van der Waals surface area contributed by atoms with Crippen LogP contribution in [0.25, 0.3) is 0 Å². The first-order valence-electron chi connectivity index (χ1n) is 6.35. The minimum atomic E-state index is 0.251. The van der Waals surface area contributed by atoms with Crippen LogP contribution in [-0.2, 0) is 13.1 Å². The number of ether oxygens (including phenoxy) is 3. The first-order chi connectivity index (χ1) is 9.76. The van der Waals surface area contributed by atoms with Gasteiger partial charge in [-0.2, -0.15) is 0 Å². The van der Waals surface area contributed by atoms with Gasteiger partial charge in [0.1, 0.15) is 5.01 Å². The quantitative estimate of drug-likeness (QED) is 0.917. The topological polar surface area (TPSA) is 52.6 Å². The first kappa shape index (κ1) is 13.2. The second kappa shape index (κ2) is 5.68. The fourth-order valence-electron chi connectivity index (χ4n) is 2.08. The molecule has 0 atom stereocenters. The smallest absolute Gasteiger partial charge is 0.231 e. The molecule has 0 saturated heterocycles. The van der Waals surface area contributed by atoms with Crippen LogP contribution in [0.3, 0.4) is 0 Å². The zero-order valence-corrected chi connectivity index (χ0v) is 12.3. The average molecular weight is 292 g/mol. The summed E-state index contributed by atoms with van der Waals surface area (Å²) in [4.78, 5) is 5.55. The van der Waals surface area contributed by atoms with Crippen LogP contribution < -0.4 is 19.5 Å². The van der Waals surface area contributed by atoms with E-state index >= 15 is 0 Å². The van der Waals surface area contributed by atoms with Gasteiger partial charge in [0, 0.05) is 24.2 Å². The summed E-state index contributed by atoms with van der Waals surface area (Å²) >= 11 is 1.71. The van der Waals surface area contributed by atoms with E-state index in [-0.39, 0.29) is 6.79 Å². The van der Waals surface area contributed by atoms with Crippen molar-refractivity contribution in [3.63, 3.8) is 0 Å². The second-order valence-corrected chi connectivity index (χ2v) is 5.82. The molecule has 0 spiro atoms. The number of hydrogen-bond donors (Lipinski definition) is 1. The second-order valence-electron chi connectivity index (χ2n) is 4.50. The van der Waals surface area contributed by atoms with Gasteiger partial charge in [0.2, 0.25) is 12.5 Å². The predicted octanol–water partition coefficient (Wildman–Crippen LogP) is 2.48. The molecule has 1 N–H and O–H groups in total. The molecule has 3 rings (SSSR count). The summed E-state index contributed by atoms with van der Waals surface area (Å²) in [6, 6.07) is 3.94. The number of aryl methyl sites for hydroxylation is 1. The molecule has 20 heavy (non-hydrogen) atoms. The van der Waals surface area contributed by atoms with Crippen molar-refractivity contribution in [2.75, 3.05) is 13.9 Å². The van der Waals surface area contributed by atoms with Crippen molar-refractivity contribution >= 4 is 11.3 Å². The lowest BCUT2D eigenvalue weighted by Gasteiger charge is -2.08. The molecule has 0 aliphatic carbocycles. The van der Waals surface area contributed by atoms with E-state index in [9.17, 15) is 0 Å². The molecule has 2 heterocycles. The van der Waals surface area contributed by atoms with E-state index in [1.807, 2.05) is 18.3 Å². The Kier molecular flexibility index (Phi) is 3.75. The van der Waals surface area contributed by atoms with Crippen molar-refractivity contribution in [1.29, 1.82) is 0 Å². The SMILES string of the molecule is COc1cc(CNCc2ncc(C)s2)cc2c1OCO2. The third-order valence-corrected chi connectivity index (χ3v) is 3.91. The Labute approximate surface area is 121 Å². The summed E-state index contributed by atoms with van der Waals surface area (Å²) < 4.78 is 16.1. The van der Waals surface area contributed by atoms with Crippen LogP contribution in [0, 0.1) is 6.92 Å². The lowest BCUT2D eigenvalue weighted by atomic mass is 10.2. The number of fused-ring (bicyclic) bond motifs is 1. The number of nitrogens with zero attached hydrogens (tertiary/aromatic N) is 1. The molecular weight excluding hydrogens is 276 g/mol. The lowest BCUT2D eigenvalue weighted by molar-refractivity contribution is 0.171. The fourth-order valence-corrected chi connectivity index (χ4v) is 2.84. The number of aromatic nitrogens is 1. The Morgan fingerprint density at radius 3 is 3.00 bits per heavy atom. The molecule has 0 unspecified atom stereocenters. The van der Waals surface area contributed by atoms with Gasteiger partial charge in [0.25, 0.3) is 0 Å². The summed E-state index contributed by atoms with van der Waals surface area (Å²) in [7, 11) is 1.63. The van der Waals surface area contributed by atoms with E-state index in [1.165, 1.54) is 4.88 Å². The van der Waals surface area contributed by atoms with Crippen LogP contribution in [0.2, 0.25) is 0 Å². The summed E-state index contributed by atoms with van der Waals surface area (Å²) in [5.74, 6) is 2.14. The highest BCUT2D eigenvalue weighted by atomic mass is 32.1. The molecule has 2 aromatic rings. The van der Waals surface area contributed by atoms with Gasteiger partial charge in [-0.1, -0.05) is 0 Å². The minimum Gasteiger partial charge on any atom is -0.493 e. The Balaban J connectivity index is 1.65. The minimum absolute atomic E-state index is 0.251. The number of benzene rings is 1. The lowest BCUT2D eigenvalue weighted by Crippen LogP contribution is -2.12. The van der Waals surface area contributed by atoms with Crippen LogP contribution in [0.4, 0.5) is 0 Å². The predicted molar refractivity (Wildman–Crippen MR) is 76.5 cm³/mol. The van der Waals surface area contributed by atoms with Gasteiger partial charge in [-0.25, -0.2) is 4.98 Å². The van der Waals surface area contributed by atoms with Crippen molar-refractivity contribution in [2.24, 2.45) is 0 Å². The maximum Gasteiger partial charge on any atom is 0.231 e. The van der Waals surface area contributed by atoms with E-state index in [0.29, 0.717) is 11.5 Å². The molecule has 5 nitrogen and oxygen atoms in total. The van der Waals surface area contributed by atoms with Gasteiger partial charge < -0.3 is 19.5 Å². The molecule has 0 bridgehead atoms. The van der Waals surface area contributed by atoms with Crippen LogP contribution in [0.1, 0.15) is 15.4 Å². The summed E-state index contributed by atoms with van der Waals surface area (Å²) in [6.07, 6.45) is 1.89. The Hall–Kier alpha value is -1.79.